The van der Waals surface area contributed by atoms with Gasteiger partial charge in [0.15, 0.2) is 5.78 Å². The topological polar surface area (TPSA) is 80.8 Å². The van der Waals surface area contributed by atoms with Crippen LogP contribution in [0, 0.1) is 0 Å². The van der Waals surface area contributed by atoms with Gasteiger partial charge in [0, 0.05) is 17.1 Å². The van der Waals surface area contributed by atoms with Crippen molar-refractivity contribution in [3.63, 3.8) is 0 Å². The van der Waals surface area contributed by atoms with Crippen LogP contribution in [0.4, 0.5) is 0 Å². The van der Waals surface area contributed by atoms with E-state index in [-0.39, 0.29) is 23.8 Å². The molecule has 0 amide bonds. The van der Waals surface area contributed by atoms with E-state index in [1.54, 1.807) is 24.3 Å². The number of ketones is 1. The van der Waals surface area contributed by atoms with E-state index in [2.05, 4.69) is 0 Å². The van der Waals surface area contributed by atoms with Gasteiger partial charge < -0.3 is 4.74 Å². The van der Waals surface area contributed by atoms with Crippen molar-refractivity contribution in [2.24, 2.45) is 0 Å². The lowest BCUT2D eigenvalue weighted by Gasteiger charge is -2.33. The van der Waals surface area contributed by atoms with E-state index >= 15 is 0 Å². The Morgan fingerprint density at radius 3 is 2.52 bits per heavy atom. The lowest BCUT2D eigenvalue weighted by Crippen LogP contribution is -2.48. The molecule has 29 heavy (non-hydrogen) atoms. The molecule has 1 aliphatic rings. The van der Waals surface area contributed by atoms with Crippen molar-refractivity contribution in [2.45, 2.75) is 43.7 Å². The Morgan fingerprint density at radius 1 is 1.14 bits per heavy atom. The zero-order valence-electron chi connectivity index (χ0n) is 16.0. The first kappa shape index (κ1) is 21.5. The monoisotopic (exact) mass is 435 g/mol. The molecule has 0 N–H and O–H groups in total. The third kappa shape index (κ3) is 5.04. The van der Waals surface area contributed by atoms with Crippen molar-refractivity contribution >= 4 is 33.4 Å². The van der Waals surface area contributed by atoms with Gasteiger partial charge in [0.05, 0.1) is 4.90 Å². The zero-order valence-corrected chi connectivity index (χ0v) is 17.6. The number of hydrogen-bond donors (Lipinski definition) is 0. The highest BCUT2D eigenvalue weighted by Crippen LogP contribution is 2.27. The lowest BCUT2D eigenvalue weighted by atomic mass is 10.1. The van der Waals surface area contributed by atoms with Gasteiger partial charge in [0.1, 0.15) is 12.6 Å². The molecule has 1 atom stereocenters. The van der Waals surface area contributed by atoms with Crippen molar-refractivity contribution in [2.75, 3.05) is 6.54 Å². The Kier molecular flexibility index (Phi) is 6.72. The first-order valence-electron chi connectivity index (χ1n) is 9.33. The molecule has 154 valence electrons. The second kappa shape index (κ2) is 9.07. The fraction of sp³-hybridized carbons (Fsp3) is 0.333. The van der Waals surface area contributed by atoms with E-state index in [9.17, 15) is 18.0 Å². The van der Waals surface area contributed by atoms with Crippen molar-refractivity contribution in [3.8, 4) is 0 Å². The van der Waals surface area contributed by atoms with Crippen molar-refractivity contribution in [1.29, 1.82) is 0 Å². The van der Waals surface area contributed by atoms with E-state index in [1.807, 2.05) is 0 Å². The van der Waals surface area contributed by atoms with E-state index in [4.69, 9.17) is 16.3 Å². The largest absolute Gasteiger partial charge is 0.460 e. The van der Waals surface area contributed by atoms with Crippen molar-refractivity contribution < 1.29 is 22.7 Å². The number of carbonyl (C=O) groups is 2. The molecule has 2 aromatic carbocycles. The van der Waals surface area contributed by atoms with Crippen molar-refractivity contribution in [1.82, 2.24) is 4.31 Å². The minimum absolute atomic E-state index is 0.0249. The molecular weight excluding hydrogens is 414 g/mol. The second-order valence-electron chi connectivity index (χ2n) is 6.95. The van der Waals surface area contributed by atoms with Gasteiger partial charge in [-0.1, -0.05) is 35.9 Å². The van der Waals surface area contributed by atoms with Crippen LogP contribution in [0.5, 0.6) is 0 Å². The molecule has 1 heterocycles. The van der Waals surface area contributed by atoms with Gasteiger partial charge in [-0.3, -0.25) is 9.59 Å². The number of ether oxygens (including phenoxy) is 1. The first-order valence-corrected chi connectivity index (χ1v) is 11.1. The average Bonchev–Trinajstić information content (AvgIpc) is 2.72. The fourth-order valence-corrected chi connectivity index (χ4v) is 5.16. The highest BCUT2D eigenvalue weighted by Gasteiger charge is 2.38. The maximum Gasteiger partial charge on any atom is 0.324 e. The molecule has 0 spiro atoms. The van der Waals surface area contributed by atoms with Gasteiger partial charge in [-0.25, -0.2) is 8.42 Å². The van der Waals surface area contributed by atoms with Crippen LogP contribution in [0.3, 0.4) is 0 Å². The van der Waals surface area contributed by atoms with Gasteiger partial charge in [-0.15, -0.1) is 0 Å². The van der Waals surface area contributed by atoms with Crippen LogP contribution < -0.4 is 0 Å². The number of hydrogen-bond acceptors (Lipinski definition) is 5. The Labute approximate surface area is 175 Å². The van der Waals surface area contributed by atoms with E-state index in [1.165, 1.54) is 35.5 Å². The third-order valence-corrected chi connectivity index (χ3v) is 7.02. The summed E-state index contributed by atoms with van der Waals surface area (Å²) in [5.41, 5.74) is 1.16. The minimum Gasteiger partial charge on any atom is -0.460 e. The fourth-order valence-electron chi connectivity index (χ4n) is 3.30. The number of Topliss-reactive ketones (excluding diaryl/α,β-unsaturated/α-hetero) is 1. The summed E-state index contributed by atoms with van der Waals surface area (Å²) in [5, 5.41) is 0.537. The smallest absolute Gasteiger partial charge is 0.324 e. The molecule has 1 unspecified atom stereocenters. The summed E-state index contributed by atoms with van der Waals surface area (Å²) in [7, 11) is -3.89. The highest BCUT2D eigenvalue weighted by atomic mass is 35.5. The van der Waals surface area contributed by atoms with Gasteiger partial charge in [-0.05, 0) is 56.0 Å². The quantitative estimate of drug-likeness (QED) is 0.508. The van der Waals surface area contributed by atoms with E-state index in [0.29, 0.717) is 23.4 Å². The normalized spacial score (nSPS) is 17.7. The summed E-state index contributed by atoms with van der Waals surface area (Å²) in [4.78, 5) is 24.2. The summed E-state index contributed by atoms with van der Waals surface area (Å²) in [5.74, 6) is -0.719. The van der Waals surface area contributed by atoms with Crippen LogP contribution in [0.15, 0.2) is 53.4 Å². The Bertz CT molecular complexity index is 1000. The number of sulfonamides is 1. The van der Waals surface area contributed by atoms with Gasteiger partial charge in [-0.2, -0.15) is 4.31 Å². The average molecular weight is 436 g/mol. The summed E-state index contributed by atoms with van der Waals surface area (Å²) in [6.07, 6.45) is 1.81. The summed E-state index contributed by atoms with van der Waals surface area (Å²) < 4.78 is 32.8. The van der Waals surface area contributed by atoms with Crippen LogP contribution >= 0.6 is 11.6 Å². The van der Waals surface area contributed by atoms with Gasteiger partial charge in [0.2, 0.25) is 10.0 Å². The van der Waals surface area contributed by atoms with Crippen LogP contribution in [0.1, 0.15) is 42.1 Å². The minimum atomic E-state index is -3.89. The molecule has 0 saturated carbocycles. The molecule has 3 rings (SSSR count). The molecule has 1 aliphatic heterocycles. The van der Waals surface area contributed by atoms with Crippen molar-refractivity contribution in [3.05, 3.63) is 64.7 Å². The van der Waals surface area contributed by atoms with E-state index in [0.717, 1.165) is 12.0 Å². The number of esters is 1. The van der Waals surface area contributed by atoms with Crippen LogP contribution in [0.25, 0.3) is 0 Å². The summed E-state index contributed by atoms with van der Waals surface area (Å²) >= 11 is 5.94. The maximum atomic E-state index is 13.1. The molecule has 2 aromatic rings. The molecular formula is C21H22ClNO5S. The van der Waals surface area contributed by atoms with Crippen LogP contribution in [-0.4, -0.2) is 37.1 Å². The lowest BCUT2D eigenvalue weighted by molar-refractivity contribution is -0.150. The van der Waals surface area contributed by atoms with E-state index < -0.39 is 22.0 Å². The number of rotatable bonds is 6. The molecule has 8 heteroatoms. The Hall–Kier alpha value is -2.22. The number of piperidine rings is 1. The standard InChI is InChI=1S/C21H22ClNO5S/c1-15(24)17-8-10-19(11-9-17)29(26,27)23-12-3-2-7-20(23)21(25)28-14-16-5-4-6-18(22)13-16/h4-6,8-11,13,20H,2-3,7,12,14H2,1H3. The number of nitrogens with zero attached hydrogens (tertiary/aromatic N) is 1. The zero-order chi connectivity index (χ0) is 21.0. The third-order valence-electron chi connectivity index (χ3n) is 4.86. The van der Waals surface area contributed by atoms with Crippen LogP contribution in [0.2, 0.25) is 5.02 Å². The molecule has 0 radical (unpaired) electrons. The van der Waals surface area contributed by atoms with Crippen LogP contribution in [-0.2, 0) is 26.2 Å². The second-order valence-corrected chi connectivity index (χ2v) is 9.27. The highest BCUT2D eigenvalue weighted by molar-refractivity contribution is 7.89. The van der Waals surface area contributed by atoms with Gasteiger partial charge in [0.25, 0.3) is 0 Å². The molecule has 0 bridgehead atoms. The molecule has 1 saturated heterocycles. The molecule has 0 aliphatic carbocycles. The number of carbonyl (C=O) groups excluding carboxylic acids is 2. The summed E-state index contributed by atoms with van der Waals surface area (Å²) in [6.45, 7) is 1.69. The molecule has 0 aromatic heterocycles. The van der Waals surface area contributed by atoms with Gasteiger partial charge >= 0.3 is 5.97 Å². The predicted octanol–water partition coefficient (Wildman–Crippen LogP) is 3.83. The number of benzene rings is 2. The maximum absolute atomic E-state index is 13.1. The molecule has 1 fully saturated rings. The first-order chi connectivity index (χ1) is 13.8. The summed E-state index contributed by atoms with van der Waals surface area (Å²) in [6, 6.07) is 11.8. The number of halogens is 1. The Morgan fingerprint density at radius 2 is 1.86 bits per heavy atom. The SMILES string of the molecule is CC(=O)c1ccc(S(=O)(=O)N2CCCCC2C(=O)OCc2cccc(Cl)c2)cc1. The predicted molar refractivity (Wildman–Crippen MR) is 109 cm³/mol. The Balaban J connectivity index is 1.77. The molecule has 6 nitrogen and oxygen atoms in total.